The fourth-order valence-electron chi connectivity index (χ4n) is 6.59. The van der Waals surface area contributed by atoms with Crippen molar-refractivity contribution in [3.8, 4) is 11.1 Å². The van der Waals surface area contributed by atoms with Gasteiger partial charge >= 0.3 is 22.4 Å². The van der Waals surface area contributed by atoms with Crippen LogP contribution in [-0.2, 0) is 22.4 Å². The van der Waals surface area contributed by atoms with Crippen molar-refractivity contribution in [2.75, 3.05) is 0 Å². The molecular formula is C33H49AuP+. The first-order valence-electron chi connectivity index (χ1n) is 14.4. The Balaban J connectivity index is 0.00000342. The zero-order chi connectivity index (χ0) is 24.2. The first kappa shape index (κ1) is 29.2. The van der Waals surface area contributed by atoms with Crippen LogP contribution in [0.3, 0.4) is 0 Å². The normalized spacial score (nSPS) is 18.0. The molecule has 2 heteroatoms. The summed E-state index contributed by atoms with van der Waals surface area (Å²) >= 11 is 0. The van der Waals surface area contributed by atoms with Crippen molar-refractivity contribution in [3.05, 3.63) is 53.1 Å². The molecular weight excluding hydrogens is 624 g/mol. The molecule has 0 nitrogen and oxygen atoms in total. The largest absolute Gasteiger partial charge is 1.00 e. The molecule has 0 amide bonds. The van der Waals surface area contributed by atoms with Gasteiger partial charge in [-0.3, -0.25) is 0 Å². The van der Waals surface area contributed by atoms with E-state index in [-0.39, 0.29) is 30.3 Å². The quantitative estimate of drug-likeness (QED) is 0.203. The summed E-state index contributed by atoms with van der Waals surface area (Å²) in [7, 11) is -0.120. The summed E-state index contributed by atoms with van der Waals surface area (Å²) in [4.78, 5) is 0. The molecule has 2 aliphatic carbocycles. The third-order valence-corrected chi connectivity index (χ3v) is 12.1. The predicted octanol–water partition coefficient (Wildman–Crippen LogP) is 10.5. The summed E-state index contributed by atoms with van der Waals surface area (Å²) < 4.78 is 0. The van der Waals surface area contributed by atoms with E-state index in [9.17, 15) is 0 Å². The smallest absolute Gasteiger partial charge is 0.0683 e. The van der Waals surface area contributed by atoms with Gasteiger partial charge in [-0.05, 0) is 87.9 Å². The molecule has 0 radical (unpaired) electrons. The third-order valence-electron chi connectivity index (χ3n) is 8.52. The van der Waals surface area contributed by atoms with Crippen LogP contribution >= 0.6 is 7.92 Å². The van der Waals surface area contributed by atoms with Gasteiger partial charge in [0.1, 0.15) is 0 Å². The van der Waals surface area contributed by atoms with Crippen LogP contribution in [0.5, 0.6) is 0 Å². The van der Waals surface area contributed by atoms with E-state index in [0.29, 0.717) is 17.8 Å². The van der Waals surface area contributed by atoms with Gasteiger partial charge in [-0.25, -0.2) is 0 Å². The van der Waals surface area contributed by atoms with Gasteiger partial charge in [-0.1, -0.05) is 124 Å². The number of rotatable bonds is 7. The van der Waals surface area contributed by atoms with Gasteiger partial charge in [0, 0.05) is 0 Å². The Hall–Kier alpha value is -0.390. The summed E-state index contributed by atoms with van der Waals surface area (Å²) in [6.07, 6.45) is 14.6. The van der Waals surface area contributed by atoms with Crippen molar-refractivity contribution >= 4 is 13.2 Å². The summed E-state index contributed by atoms with van der Waals surface area (Å²) in [5.41, 5.74) is 9.71. The zero-order valence-electron chi connectivity index (χ0n) is 23.2. The van der Waals surface area contributed by atoms with Crippen LogP contribution in [0.1, 0.15) is 140 Å². The van der Waals surface area contributed by atoms with E-state index in [1.54, 1.807) is 27.6 Å². The minimum atomic E-state index is -0.120. The molecule has 4 rings (SSSR count). The molecule has 0 aromatic heterocycles. The van der Waals surface area contributed by atoms with E-state index in [1.807, 2.05) is 0 Å². The topological polar surface area (TPSA) is 0 Å². The Kier molecular flexibility index (Phi) is 11.2. The molecule has 0 N–H and O–H groups in total. The molecule has 0 spiro atoms. The molecule has 2 aromatic rings. The minimum Gasteiger partial charge on any atom is -0.0683 e. The monoisotopic (exact) mass is 673 g/mol. The number of benzene rings is 2. The number of hydrogen-bond acceptors (Lipinski definition) is 0. The van der Waals surface area contributed by atoms with Crippen molar-refractivity contribution in [1.29, 1.82) is 0 Å². The SMILES string of the molecule is CC(C)c1cc(C(C)C)c(-c2ccccc2P(C2CCCCC2)C2CCCCC2)c(C(C)C)c1.[Au+]. The Labute approximate surface area is 233 Å². The third kappa shape index (κ3) is 6.74. The summed E-state index contributed by atoms with van der Waals surface area (Å²) in [5, 5.41) is 1.75. The van der Waals surface area contributed by atoms with Gasteiger partial charge in [0.25, 0.3) is 0 Å². The zero-order valence-corrected chi connectivity index (χ0v) is 26.2. The van der Waals surface area contributed by atoms with Crippen LogP contribution in [0.25, 0.3) is 11.1 Å². The maximum absolute atomic E-state index is 2.56. The molecule has 0 bridgehead atoms. The van der Waals surface area contributed by atoms with E-state index < -0.39 is 0 Å². The maximum atomic E-state index is 2.56. The molecule has 0 atom stereocenters. The van der Waals surface area contributed by atoms with E-state index in [4.69, 9.17) is 0 Å². The van der Waals surface area contributed by atoms with Crippen LogP contribution in [0, 0.1) is 0 Å². The Bertz CT molecular complexity index is 885. The van der Waals surface area contributed by atoms with Gasteiger partial charge in [0.05, 0.1) is 0 Å². The number of hydrogen-bond donors (Lipinski definition) is 0. The van der Waals surface area contributed by atoms with E-state index in [2.05, 4.69) is 77.9 Å². The molecule has 2 aromatic carbocycles. The summed E-state index contributed by atoms with van der Waals surface area (Å²) in [6.45, 7) is 14.3. The van der Waals surface area contributed by atoms with Gasteiger partial charge in [-0.2, -0.15) is 0 Å². The standard InChI is InChI=1S/C33H49P.Au/c1-23(2)26-21-30(24(3)4)33(31(22-26)25(5)6)29-19-13-14-20-32(29)34(27-15-9-7-10-16-27)28-17-11-8-12-18-28;/h13-14,19-25,27-28H,7-12,15-18H2,1-6H3;/q;+1. The van der Waals surface area contributed by atoms with E-state index in [1.165, 1.54) is 69.8 Å². The molecule has 0 heterocycles. The first-order chi connectivity index (χ1) is 16.4. The summed E-state index contributed by atoms with van der Waals surface area (Å²) in [6, 6.07) is 14.8. The average molecular weight is 674 g/mol. The molecule has 0 unspecified atom stereocenters. The molecule has 2 aliphatic rings. The fraction of sp³-hybridized carbons (Fsp3) is 0.636. The van der Waals surface area contributed by atoms with Gasteiger partial charge in [0.2, 0.25) is 0 Å². The van der Waals surface area contributed by atoms with Crippen molar-refractivity contribution < 1.29 is 22.4 Å². The molecule has 196 valence electrons. The Morgan fingerprint density at radius 1 is 0.629 bits per heavy atom. The fourth-order valence-corrected chi connectivity index (χ4v) is 10.5. The van der Waals surface area contributed by atoms with Crippen molar-refractivity contribution in [3.63, 3.8) is 0 Å². The van der Waals surface area contributed by atoms with E-state index in [0.717, 1.165) is 11.3 Å². The molecule has 0 saturated heterocycles. The Morgan fingerprint density at radius 2 is 1.09 bits per heavy atom. The van der Waals surface area contributed by atoms with Crippen LogP contribution < -0.4 is 5.30 Å². The van der Waals surface area contributed by atoms with Gasteiger partial charge < -0.3 is 0 Å². The molecule has 35 heavy (non-hydrogen) atoms. The van der Waals surface area contributed by atoms with E-state index >= 15 is 0 Å². The second-order valence-electron chi connectivity index (χ2n) is 12.0. The van der Waals surface area contributed by atoms with Crippen LogP contribution in [-0.4, -0.2) is 11.3 Å². The maximum Gasteiger partial charge on any atom is 1.00 e. The second-order valence-corrected chi connectivity index (χ2v) is 14.8. The first-order valence-corrected chi connectivity index (χ1v) is 15.9. The predicted molar refractivity (Wildman–Crippen MR) is 154 cm³/mol. The van der Waals surface area contributed by atoms with Crippen LogP contribution in [0.4, 0.5) is 0 Å². The molecule has 2 saturated carbocycles. The Morgan fingerprint density at radius 3 is 1.51 bits per heavy atom. The second kappa shape index (κ2) is 13.4. The molecule has 2 fully saturated rings. The molecule has 0 aliphatic heterocycles. The van der Waals surface area contributed by atoms with Crippen LogP contribution in [0.2, 0.25) is 0 Å². The van der Waals surface area contributed by atoms with Crippen LogP contribution in [0.15, 0.2) is 36.4 Å². The van der Waals surface area contributed by atoms with Gasteiger partial charge in [-0.15, -0.1) is 0 Å². The summed E-state index contributed by atoms with van der Waals surface area (Å²) in [5.74, 6) is 1.64. The minimum absolute atomic E-state index is 0. The van der Waals surface area contributed by atoms with Crippen molar-refractivity contribution in [2.45, 2.75) is 135 Å². The average Bonchev–Trinajstić information content (AvgIpc) is 2.85. The van der Waals surface area contributed by atoms with Gasteiger partial charge in [0.15, 0.2) is 0 Å². The van der Waals surface area contributed by atoms with Crippen molar-refractivity contribution in [2.24, 2.45) is 0 Å². The van der Waals surface area contributed by atoms with Crippen molar-refractivity contribution in [1.82, 2.24) is 0 Å².